The zero-order valence-corrected chi connectivity index (χ0v) is 14.3. The summed E-state index contributed by atoms with van der Waals surface area (Å²) in [5.74, 6) is 1.71. The first kappa shape index (κ1) is 17.9. The van der Waals surface area contributed by atoms with E-state index in [1.54, 1.807) is 7.11 Å². The van der Waals surface area contributed by atoms with Gasteiger partial charge in [0.25, 0.3) is 0 Å². The Balaban J connectivity index is 2.78. The van der Waals surface area contributed by atoms with Crippen LogP contribution in [0.25, 0.3) is 0 Å². The highest BCUT2D eigenvalue weighted by Gasteiger charge is 2.07. The zero-order valence-electron chi connectivity index (χ0n) is 14.3. The number of likely N-dealkylation sites (N-methyl/N-ethyl adjacent to an activating group) is 1. The Morgan fingerprint density at radius 2 is 2.10 bits per heavy atom. The predicted octanol–water partition coefficient (Wildman–Crippen LogP) is 2.86. The minimum Gasteiger partial charge on any atom is -0.383 e. The molecule has 0 spiro atoms. The molecule has 0 aliphatic carbocycles. The van der Waals surface area contributed by atoms with Gasteiger partial charge in [-0.3, -0.25) is 0 Å². The van der Waals surface area contributed by atoms with Gasteiger partial charge in [-0.15, -0.1) is 0 Å². The molecule has 1 aromatic heterocycles. The lowest BCUT2D eigenvalue weighted by Crippen LogP contribution is -2.24. The maximum Gasteiger partial charge on any atom is 0.128 e. The third-order valence-electron chi connectivity index (χ3n) is 3.33. The molecule has 4 nitrogen and oxygen atoms in total. The van der Waals surface area contributed by atoms with E-state index in [2.05, 4.69) is 50.2 Å². The van der Waals surface area contributed by atoms with E-state index in [1.165, 1.54) is 11.3 Å². The number of anilines is 1. The number of hydrogen-bond donors (Lipinski definition) is 1. The molecule has 0 bridgehead atoms. The van der Waals surface area contributed by atoms with Crippen LogP contribution in [0.15, 0.2) is 12.1 Å². The SMILES string of the molecule is CCCc1cc(CNCC(C)C)cc(N(C)CCOC)n1. The molecule has 0 saturated heterocycles. The number of nitrogens with zero attached hydrogens (tertiary/aromatic N) is 2. The van der Waals surface area contributed by atoms with Crippen molar-refractivity contribution >= 4 is 5.82 Å². The summed E-state index contributed by atoms with van der Waals surface area (Å²) in [5, 5.41) is 3.51. The first-order valence-corrected chi connectivity index (χ1v) is 7.97. The van der Waals surface area contributed by atoms with Gasteiger partial charge in [0.15, 0.2) is 0 Å². The molecule has 0 amide bonds. The Morgan fingerprint density at radius 3 is 2.71 bits per heavy atom. The maximum atomic E-state index is 5.15. The fraction of sp³-hybridized carbons (Fsp3) is 0.706. The van der Waals surface area contributed by atoms with Crippen LogP contribution in [0.3, 0.4) is 0 Å². The Hall–Kier alpha value is -1.13. The summed E-state index contributed by atoms with van der Waals surface area (Å²) in [6.07, 6.45) is 2.15. The van der Waals surface area contributed by atoms with Crippen LogP contribution in [0, 0.1) is 5.92 Å². The molecule has 0 unspecified atom stereocenters. The molecule has 0 aromatic carbocycles. The van der Waals surface area contributed by atoms with E-state index in [0.717, 1.165) is 44.9 Å². The summed E-state index contributed by atoms with van der Waals surface area (Å²) in [4.78, 5) is 6.92. The van der Waals surface area contributed by atoms with Crippen LogP contribution in [0.2, 0.25) is 0 Å². The molecule has 21 heavy (non-hydrogen) atoms. The molecule has 1 heterocycles. The Bertz CT molecular complexity index is 407. The van der Waals surface area contributed by atoms with Crippen molar-refractivity contribution in [1.29, 1.82) is 0 Å². The van der Waals surface area contributed by atoms with Crippen molar-refractivity contribution in [3.63, 3.8) is 0 Å². The van der Waals surface area contributed by atoms with Gasteiger partial charge < -0.3 is 15.0 Å². The number of nitrogens with one attached hydrogen (secondary N) is 1. The Labute approximate surface area is 129 Å². The van der Waals surface area contributed by atoms with Crippen molar-refractivity contribution < 1.29 is 4.74 Å². The number of aryl methyl sites for hydroxylation is 1. The van der Waals surface area contributed by atoms with Crippen molar-refractivity contribution in [1.82, 2.24) is 10.3 Å². The molecular weight excluding hydrogens is 262 g/mol. The first-order chi connectivity index (χ1) is 10.1. The summed E-state index contributed by atoms with van der Waals surface area (Å²) in [5.41, 5.74) is 2.49. The second kappa shape index (κ2) is 9.74. The molecule has 1 rings (SSSR count). The largest absolute Gasteiger partial charge is 0.383 e. The molecule has 0 atom stereocenters. The fourth-order valence-electron chi connectivity index (χ4n) is 2.16. The molecule has 4 heteroatoms. The lowest BCUT2D eigenvalue weighted by molar-refractivity contribution is 0.206. The van der Waals surface area contributed by atoms with E-state index in [9.17, 15) is 0 Å². The van der Waals surface area contributed by atoms with Crippen LogP contribution < -0.4 is 10.2 Å². The monoisotopic (exact) mass is 293 g/mol. The maximum absolute atomic E-state index is 5.15. The zero-order chi connectivity index (χ0) is 15.7. The van der Waals surface area contributed by atoms with Gasteiger partial charge in [-0.2, -0.15) is 0 Å². The number of methoxy groups -OCH3 is 1. The van der Waals surface area contributed by atoms with Crippen molar-refractivity contribution in [2.75, 3.05) is 38.8 Å². The van der Waals surface area contributed by atoms with E-state index in [1.807, 2.05) is 0 Å². The second-order valence-corrected chi connectivity index (χ2v) is 6.01. The van der Waals surface area contributed by atoms with E-state index in [0.29, 0.717) is 5.92 Å². The normalized spacial score (nSPS) is 11.1. The van der Waals surface area contributed by atoms with E-state index in [4.69, 9.17) is 9.72 Å². The van der Waals surface area contributed by atoms with Crippen LogP contribution in [0.5, 0.6) is 0 Å². The third kappa shape index (κ3) is 6.91. The topological polar surface area (TPSA) is 37.4 Å². The predicted molar refractivity (Wildman–Crippen MR) is 89.9 cm³/mol. The summed E-state index contributed by atoms with van der Waals surface area (Å²) >= 11 is 0. The van der Waals surface area contributed by atoms with Crippen molar-refractivity contribution in [3.05, 3.63) is 23.4 Å². The average Bonchev–Trinajstić information content (AvgIpc) is 2.44. The molecular formula is C17H31N3O. The highest BCUT2D eigenvalue weighted by Crippen LogP contribution is 2.15. The number of pyridine rings is 1. The van der Waals surface area contributed by atoms with Crippen LogP contribution in [0.4, 0.5) is 5.82 Å². The quantitative estimate of drug-likeness (QED) is 0.720. The fourth-order valence-corrected chi connectivity index (χ4v) is 2.16. The summed E-state index contributed by atoms with van der Waals surface area (Å²) in [6.45, 7) is 10.2. The molecule has 1 N–H and O–H groups in total. The van der Waals surface area contributed by atoms with Gasteiger partial charge in [0, 0.05) is 32.9 Å². The van der Waals surface area contributed by atoms with Crippen molar-refractivity contribution in [2.24, 2.45) is 5.92 Å². The van der Waals surface area contributed by atoms with Crippen molar-refractivity contribution in [2.45, 2.75) is 40.2 Å². The van der Waals surface area contributed by atoms with Gasteiger partial charge in [0.2, 0.25) is 0 Å². The first-order valence-electron chi connectivity index (χ1n) is 7.97. The van der Waals surface area contributed by atoms with Gasteiger partial charge in [-0.25, -0.2) is 4.98 Å². The van der Waals surface area contributed by atoms with Gasteiger partial charge in [-0.1, -0.05) is 27.2 Å². The van der Waals surface area contributed by atoms with Gasteiger partial charge in [0.05, 0.1) is 6.61 Å². The lowest BCUT2D eigenvalue weighted by Gasteiger charge is -2.20. The molecule has 120 valence electrons. The minimum atomic E-state index is 0.672. The molecule has 0 saturated carbocycles. The molecule has 0 fully saturated rings. The lowest BCUT2D eigenvalue weighted by atomic mass is 10.1. The number of rotatable bonds is 10. The van der Waals surface area contributed by atoms with E-state index in [-0.39, 0.29) is 0 Å². The standard InChI is InChI=1S/C17H31N3O/c1-6-7-16-10-15(13-18-12-14(2)3)11-17(19-16)20(4)8-9-21-5/h10-11,14,18H,6-9,12-13H2,1-5H3. The van der Waals surface area contributed by atoms with Crippen LogP contribution in [-0.2, 0) is 17.7 Å². The van der Waals surface area contributed by atoms with Crippen LogP contribution in [-0.4, -0.2) is 38.8 Å². The number of aromatic nitrogens is 1. The minimum absolute atomic E-state index is 0.672. The van der Waals surface area contributed by atoms with Gasteiger partial charge >= 0.3 is 0 Å². The summed E-state index contributed by atoms with van der Waals surface area (Å²) < 4.78 is 5.15. The number of hydrogen-bond acceptors (Lipinski definition) is 4. The third-order valence-corrected chi connectivity index (χ3v) is 3.33. The highest BCUT2D eigenvalue weighted by molar-refractivity contribution is 5.42. The average molecular weight is 293 g/mol. The summed E-state index contributed by atoms with van der Waals surface area (Å²) in [6, 6.07) is 4.41. The smallest absolute Gasteiger partial charge is 0.128 e. The van der Waals surface area contributed by atoms with Crippen molar-refractivity contribution in [3.8, 4) is 0 Å². The molecule has 0 aliphatic heterocycles. The van der Waals surface area contributed by atoms with E-state index < -0.39 is 0 Å². The molecule has 0 aliphatic rings. The van der Waals surface area contributed by atoms with Gasteiger partial charge in [-0.05, 0) is 36.6 Å². The molecule has 1 aromatic rings. The second-order valence-electron chi connectivity index (χ2n) is 6.01. The van der Waals surface area contributed by atoms with E-state index >= 15 is 0 Å². The highest BCUT2D eigenvalue weighted by atomic mass is 16.5. The number of ether oxygens (including phenoxy) is 1. The van der Waals surface area contributed by atoms with Crippen LogP contribution >= 0.6 is 0 Å². The van der Waals surface area contributed by atoms with Gasteiger partial charge in [0.1, 0.15) is 5.82 Å². The summed E-state index contributed by atoms with van der Waals surface area (Å²) in [7, 11) is 3.80. The molecule has 0 radical (unpaired) electrons. The Kier molecular flexibility index (Phi) is 8.31. The Morgan fingerprint density at radius 1 is 1.33 bits per heavy atom. The van der Waals surface area contributed by atoms with Crippen LogP contribution in [0.1, 0.15) is 38.4 Å².